The van der Waals surface area contributed by atoms with Gasteiger partial charge in [-0.15, -0.1) is 0 Å². The number of carbonyl (C=O) groups is 1. The SMILES string of the molecule is COc1cccc(NC(=O)N(Cc2nc3n(n2)CCCCC3)c2cccc(C)c2C)c1. The summed E-state index contributed by atoms with van der Waals surface area (Å²) in [5.74, 6) is 2.37. The van der Waals surface area contributed by atoms with Gasteiger partial charge in [0.05, 0.1) is 13.7 Å². The van der Waals surface area contributed by atoms with Crippen LogP contribution >= 0.6 is 0 Å². The highest BCUT2D eigenvalue weighted by atomic mass is 16.5. The van der Waals surface area contributed by atoms with Crippen LogP contribution in [0.15, 0.2) is 42.5 Å². The Morgan fingerprint density at radius 3 is 2.84 bits per heavy atom. The first-order valence-corrected chi connectivity index (χ1v) is 10.8. The minimum Gasteiger partial charge on any atom is -0.497 e. The van der Waals surface area contributed by atoms with Crippen LogP contribution < -0.4 is 15.0 Å². The molecule has 1 aromatic heterocycles. The van der Waals surface area contributed by atoms with Crippen molar-refractivity contribution >= 4 is 17.4 Å². The van der Waals surface area contributed by atoms with Gasteiger partial charge in [0.15, 0.2) is 5.82 Å². The van der Waals surface area contributed by atoms with Crippen molar-refractivity contribution in [2.45, 2.75) is 52.6 Å². The number of aromatic nitrogens is 3. The van der Waals surface area contributed by atoms with Gasteiger partial charge in [-0.05, 0) is 56.0 Å². The third kappa shape index (κ3) is 4.71. The number of aryl methyl sites for hydroxylation is 3. The van der Waals surface area contributed by atoms with Crippen LogP contribution in [0.2, 0.25) is 0 Å². The molecular weight excluding hydrogens is 390 g/mol. The number of nitrogens with zero attached hydrogens (tertiary/aromatic N) is 4. The van der Waals surface area contributed by atoms with Crippen molar-refractivity contribution in [1.82, 2.24) is 14.8 Å². The van der Waals surface area contributed by atoms with E-state index in [1.807, 2.05) is 54.9 Å². The minimum atomic E-state index is -0.230. The zero-order chi connectivity index (χ0) is 21.8. The Kier molecular flexibility index (Phi) is 6.21. The molecule has 0 fully saturated rings. The number of amides is 2. The maximum Gasteiger partial charge on any atom is 0.326 e. The van der Waals surface area contributed by atoms with Crippen LogP contribution in [-0.4, -0.2) is 27.9 Å². The van der Waals surface area contributed by atoms with Crippen molar-refractivity contribution in [2.24, 2.45) is 0 Å². The maximum absolute atomic E-state index is 13.4. The number of benzene rings is 2. The van der Waals surface area contributed by atoms with Gasteiger partial charge in [-0.3, -0.25) is 4.90 Å². The molecule has 3 aromatic rings. The van der Waals surface area contributed by atoms with Crippen molar-refractivity contribution in [3.63, 3.8) is 0 Å². The molecule has 0 aliphatic carbocycles. The van der Waals surface area contributed by atoms with Crippen molar-refractivity contribution in [3.05, 3.63) is 65.2 Å². The number of nitrogens with one attached hydrogen (secondary N) is 1. The first kappa shape index (κ1) is 20.9. The molecule has 0 radical (unpaired) electrons. The summed E-state index contributed by atoms with van der Waals surface area (Å²) < 4.78 is 7.28. The van der Waals surface area contributed by atoms with Gasteiger partial charge in [-0.1, -0.05) is 24.6 Å². The molecule has 4 rings (SSSR count). The van der Waals surface area contributed by atoms with Gasteiger partial charge in [0.1, 0.15) is 11.6 Å². The Morgan fingerprint density at radius 1 is 1.16 bits per heavy atom. The first-order chi connectivity index (χ1) is 15.0. The molecule has 7 nitrogen and oxygen atoms in total. The summed E-state index contributed by atoms with van der Waals surface area (Å²) in [4.78, 5) is 19.9. The number of anilines is 2. The number of hydrogen-bond acceptors (Lipinski definition) is 4. The normalized spacial score (nSPS) is 13.3. The number of ether oxygens (including phenoxy) is 1. The summed E-state index contributed by atoms with van der Waals surface area (Å²) in [5.41, 5.74) is 3.72. The zero-order valence-corrected chi connectivity index (χ0v) is 18.4. The maximum atomic E-state index is 13.4. The topological polar surface area (TPSA) is 72.3 Å². The molecular formula is C24H29N5O2. The molecule has 2 amide bonds. The average molecular weight is 420 g/mol. The van der Waals surface area contributed by atoms with E-state index in [1.54, 1.807) is 18.1 Å². The summed E-state index contributed by atoms with van der Waals surface area (Å²) in [6.45, 7) is 5.28. The molecule has 2 heterocycles. The summed E-state index contributed by atoms with van der Waals surface area (Å²) >= 11 is 0. The van der Waals surface area contributed by atoms with Gasteiger partial charge in [-0.25, -0.2) is 14.5 Å². The summed E-state index contributed by atoms with van der Waals surface area (Å²) in [7, 11) is 1.61. The van der Waals surface area contributed by atoms with Crippen LogP contribution in [0.5, 0.6) is 5.75 Å². The smallest absolute Gasteiger partial charge is 0.326 e. The molecule has 0 spiro atoms. The van der Waals surface area contributed by atoms with Gasteiger partial charge in [0.2, 0.25) is 0 Å². The predicted molar refractivity (Wildman–Crippen MR) is 122 cm³/mol. The van der Waals surface area contributed by atoms with E-state index < -0.39 is 0 Å². The molecule has 0 bridgehead atoms. The lowest BCUT2D eigenvalue weighted by Gasteiger charge is -2.24. The third-order valence-corrected chi connectivity index (χ3v) is 5.80. The fourth-order valence-electron chi connectivity index (χ4n) is 3.91. The van der Waals surface area contributed by atoms with Gasteiger partial charge in [0.25, 0.3) is 0 Å². The van der Waals surface area contributed by atoms with Crippen LogP contribution in [-0.2, 0) is 19.5 Å². The standard InChI is InChI=1S/C24H29N5O2/c1-17-9-7-12-21(18(17)2)28(24(30)25-19-10-8-11-20(15-19)31-3)16-22-26-23-13-5-4-6-14-29(23)27-22/h7-12,15H,4-6,13-14,16H2,1-3H3,(H,25,30). The Balaban J connectivity index is 1.64. The van der Waals surface area contributed by atoms with Crippen molar-refractivity contribution in [3.8, 4) is 5.75 Å². The Labute approximate surface area is 183 Å². The van der Waals surface area contributed by atoms with E-state index in [1.165, 1.54) is 6.42 Å². The minimum absolute atomic E-state index is 0.230. The highest BCUT2D eigenvalue weighted by molar-refractivity contribution is 6.02. The Bertz CT molecular complexity index is 1050. The number of rotatable bonds is 5. The number of urea groups is 1. The lowest BCUT2D eigenvalue weighted by atomic mass is 10.1. The Morgan fingerprint density at radius 2 is 2.00 bits per heavy atom. The number of carbonyl (C=O) groups excluding carboxylic acids is 1. The van der Waals surface area contributed by atoms with Gasteiger partial charge in [-0.2, -0.15) is 5.10 Å². The van der Waals surface area contributed by atoms with E-state index in [-0.39, 0.29) is 6.03 Å². The van der Waals surface area contributed by atoms with Gasteiger partial charge < -0.3 is 10.1 Å². The van der Waals surface area contributed by atoms with Crippen LogP contribution in [0.4, 0.5) is 16.2 Å². The molecule has 0 saturated heterocycles. The highest BCUT2D eigenvalue weighted by Gasteiger charge is 2.22. The fourth-order valence-corrected chi connectivity index (χ4v) is 3.91. The largest absolute Gasteiger partial charge is 0.497 e. The first-order valence-electron chi connectivity index (χ1n) is 10.8. The van der Waals surface area contributed by atoms with E-state index in [2.05, 4.69) is 5.32 Å². The zero-order valence-electron chi connectivity index (χ0n) is 18.4. The average Bonchev–Trinajstić information content (AvgIpc) is 3.02. The molecule has 2 aromatic carbocycles. The Hall–Kier alpha value is -3.35. The van der Waals surface area contributed by atoms with E-state index >= 15 is 0 Å². The molecule has 162 valence electrons. The highest BCUT2D eigenvalue weighted by Crippen LogP contribution is 2.26. The molecule has 1 aliphatic heterocycles. The van der Waals surface area contributed by atoms with E-state index in [9.17, 15) is 4.79 Å². The molecule has 0 saturated carbocycles. The molecule has 1 aliphatic rings. The molecule has 1 N–H and O–H groups in total. The number of hydrogen-bond donors (Lipinski definition) is 1. The second kappa shape index (κ2) is 9.20. The van der Waals surface area contributed by atoms with E-state index in [0.717, 1.165) is 48.4 Å². The third-order valence-electron chi connectivity index (χ3n) is 5.80. The molecule has 31 heavy (non-hydrogen) atoms. The van der Waals surface area contributed by atoms with Crippen LogP contribution in [0.25, 0.3) is 0 Å². The van der Waals surface area contributed by atoms with Gasteiger partial charge >= 0.3 is 6.03 Å². The molecule has 7 heteroatoms. The van der Waals surface area contributed by atoms with Crippen LogP contribution in [0.3, 0.4) is 0 Å². The summed E-state index contributed by atoms with van der Waals surface area (Å²) in [6, 6.07) is 13.1. The molecule has 0 atom stereocenters. The second-order valence-electron chi connectivity index (χ2n) is 7.95. The van der Waals surface area contributed by atoms with E-state index in [4.69, 9.17) is 14.8 Å². The quantitative estimate of drug-likeness (QED) is 0.640. The summed E-state index contributed by atoms with van der Waals surface area (Å²) in [6.07, 6.45) is 4.40. The van der Waals surface area contributed by atoms with E-state index in [0.29, 0.717) is 23.8 Å². The monoisotopic (exact) mass is 419 g/mol. The van der Waals surface area contributed by atoms with Crippen LogP contribution in [0, 0.1) is 13.8 Å². The van der Waals surface area contributed by atoms with Crippen LogP contribution in [0.1, 0.15) is 42.0 Å². The van der Waals surface area contributed by atoms with Gasteiger partial charge in [0, 0.05) is 30.4 Å². The lowest BCUT2D eigenvalue weighted by Crippen LogP contribution is -2.35. The van der Waals surface area contributed by atoms with Crippen molar-refractivity contribution in [2.75, 3.05) is 17.3 Å². The molecule has 0 unspecified atom stereocenters. The lowest BCUT2D eigenvalue weighted by molar-refractivity contribution is 0.256. The number of methoxy groups -OCH3 is 1. The predicted octanol–water partition coefficient (Wildman–Crippen LogP) is 4.87. The van der Waals surface area contributed by atoms with Crippen molar-refractivity contribution in [1.29, 1.82) is 0 Å². The number of fused-ring (bicyclic) bond motifs is 1. The van der Waals surface area contributed by atoms with Crippen molar-refractivity contribution < 1.29 is 9.53 Å². The second-order valence-corrected chi connectivity index (χ2v) is 7.95. The fraction of sp³-hybridized carbons (Fsp3) is 0.375. The summed E-state index contributed by atoms with van der Waals surface area (Å²) in [5, 5.41) is 7.71.